The van der Waals surface area contributed by atoms with Crippen molar-refractivity contribution < 1.29 is 8.81 Å². The van der Waals surface area contributed by atoms with Gasteiger partial charge in [-0.05, 0) is 54.1 Å². The van der Waals surface area contributed by atoms with Crippen molar-refractivity contribution >= 4 is 39.2 Å². The number of hydrogen-bond acceptors (Lipinski definition) is 2. The Labute approximate surface area is 137 Å². The zero-order valence-corrected chi connectivity index (χ0v) is 12.9. The lowest BCUT2D eigenvalue weighted by Crippen LogP contribution is -1.98. The fourth-order valence-electron chi connectivity index (χ4n) is 2.67. The van der Waals surface area contributed by atoms with E-state index >= 15 is 0 Å². The van der Waals surface area contributed by atoms with Gasteiger partial charge in [-0.2, -0.15) is 0 Å². The molecule has 0 spiro atoms. The van der Waals surface area contributed by atoms with E-state index in [9.17, 15) is 4.39 Å². The Morgan fingerprint density at radius 3 is 2.35 bits per heavy atom. The smallest absolute Gasteiger partial charge is 0.135 e. The van der Waals surface area contributed by atoms with E-state index in [1.807, 2.05) is 42.5 Å². The maximum absolute atomic E-state index is 13.5. The van der Waals surface area contributed by atoms with Crippen molar-refractivity contribution in [3.63, 3.8) is 0 Å². The Balaban J connectivity index is 1.66. The first-order valence-corrected chi connectivity index (χ1v) is 7.67. The van der Waals surface area contributed by atoms with E-state index in [-0.39, 0.29) is 5.82 Å². The maximum atomic E-state index is 13.5. The summed E-state index contributed by atoms with van der Waals surface area (Å²) in [5.74, 6) is -0.264. The van der Waals surface area contributed by atoms with Gasteiger partial charge in [0.25, 0.3) is 0 Å². The van der Waals surface area contributed by atoms with Gasteiger partial charge in [-0.3, -0.25) is 0 Å². The van der Waals surface area contributed by atoms with Crippen molar-refractivity contribution in [2.75, 3.05) is 5.32 Å². The Morgan fingerprint density at radius 2 is 1.57 bits per heavy atom. The molecule has 3 aromatic carbocycles. The summed E-state index contributed by atoms with van der Waals surface area (Å²) in [6.07, 6.45) is 0. The predicted octanol–water partition coefficient (Wildman–Crippen LogP) is 5.99. The predicted molar refractivity (Wildman–Crippen MR) is 92.5 cm³/mol. The Hall–Kier alpha value is -2.52. The first kappa shape index (κ1) is 14.1. The van der Waals surface area contributed by atoms with E-state index in [1.165, 1.54) is 12.1 Å². The minimum Gasteiger partial charge on any atom is -0.456 e. The summed E-state index contributed by atoms with van der Waals surface area (Å²) in [6.45, 7) is 0.687. The third-order valence-corrected chi connectivity index (χ3v) is 4.09. The average molecular weight is 326 g/mol. The summed E-state index contributed by atoms with van der Waals surface area (Å²) in [4.78, 5) is 0. The van der Waals surface area contributed by atoms with Crippen LogP contribution in [0.4, 0.5) is 10.1 Å². The maximum Gasteiger partial charge on any atom is 0.135 e. The largest absolute Gasteiger partial charge is 0.456 e. The molecule has 1 N–H and O–H groups in total. The highest BCUT2D eigenvalue weighted by molar-refractivity contribution is 6.30. The summed E-state index contributed by atoms with van der Waals surface area (Å²) in [5.41, 5.74) is 3.54. The van der Waals surface area contributed by atoms with Crippen LogP contribution in [0, 0.1) is 5.82 Å². The molecule has 0 aliphatic carbocycles. The topological polar surface area (TPSA) is 25.2 Å². The standard InChI is InChI=1S/C19H13ClFNO/c20-13-3-1-12(2-4-13)11-22-15-6-8-19-17(10-15)16-9-14(21)5-7-18(16)23-19/h1-10,22H,11H2. The van der Waals surface area contributed by atoms with Crippen molar-refractivity contribution in [3.05, 3.63) is 77.1 Å². The first-order valence-electron chi connectivity index (χ1n) is 7.29. The van der Waals surface area contributed by atoms with Crippen LogP contribution in [0.1, 0.15) is 5.56 Å². The number of halogens is 2. The summed E-state index contributed by atoms with van der Waals surface area (Å²) in [7, 11) is 0. The molecule has 0 unspecified atom stereocenters. The molecule has 0 saturated carbocycles. The van der Waals surface area contributed by atoms with Gasteiger partial charge in [0, 0.05) is 28.0 Å². The average Bonchev–Trinajstić information content (AvgIpc) is 2.92. The fourth-order valence-corrected chi connectivity index (χ4v) is 2.79. The van der Waals surface area contributed by atoms with Gasteiger partial charge < -0.3 is 9.73 Å². The van der Waals surface area contributed by atoms with E-state index in [2.05, 4.69) is 5.32 Å². The zero-order valence-electron chi connectivity index (χ0n) is 12.1. The van der Waals surface area contributed by atoms with Crippen molar-refractivity contribution in [1.82, 2.24) is 0 Å². The van der Waals surface area contributed by atoms with Crippen LogP contribution in [0.2, 0.25) is 5.02 Å². The van der Waals surface area contributed by atoms with Crippen LogP contribution in [-0.2, 0) is 6.54 Å². The van der Waals surface area contributed by atoms with Crippen LogP contribution in [0.15, 0.2) is 65.1 Å². The number of furan rings is 1. The van der Waals surface area contributed by atoms with Gasteiger partial charge in [0.15, 0.2) is 0 Å². The quantitative estimate of drug-likeness (QED) is 0.500. The van der Waals surface area contributed by atoms with E-state index in [4.69, 9.17) is 16.0 Å². The van der Waals surface area contributed by atoms with Crippen LogP contribution < -0.4 is 5.32 Å². The highest BCUT2D eigenvalue weighted by Gasteiger charge is 2.08. The molecule has 23 heavy (non-hydrogen) atoms. The molecular formula is C19H13ClFNO. The molecule has 0 amide bonds. The summed E-state index contributed by atoms with van der Waals surface area (Å²) < 4.78 is 19.2. The Kier molecular flexibility index (Phi) is 3.43. The monoisotopic (exact) mass is 325 g/mol. The zero-order chi connectivity index (χ0) is 15.8. The molecule has 0 radical (unpaired) electrons. The first-order chi connectivity index (χ1) is 11.2. The highest BCUT2D eigenvalue weighted by atomic mass is 35.5. The van der Waals surface area contributed by atoms with Gasteiger partial charge in [-0.1, -0.05) is 23.7 Å². The normalized spacial score (nSPS) is 11.2. The van der Waals surface area contributed by atoms with Crippen molar-refractivity contribution in [2.45, 2.75) is 6.54 Å². The second kappa shape index (κ2) is 5.60. The summed E-state index contributed by atoms with van der Waals surface area (Å²) >= 11 is 5.89. The fraction of sp³-hybridized carbons (Fsp3) is 0.0526. The van der Waals surface area contributed by atoms with Gasteiger partial charge in [-0.15, -0.1) is 0 Å². The number of benzene rings is 3. The van der Waals surface area contributed by atoms with Gasteiger partial charge >= 0.3 is 0 Å². The minimum absolute atomic E-state index is 0.264. The van der Waals surface area contributed by atoms with E-state index < -0.39 is 0 Å². The molecule has 4 rings (SSSR count). The van der Waals surface area contributed by atoms with Gasteiger partial charge in [0.2, 0.25) is 0 Å². The molecule has 114 valence electrons. The van der Waals surface area contributed by atoms with E-state index in [1.54, 1.807) is 6.07 Å². The molecule has 1 heterocycles. The molecule has 0 aliphatic heterocycles. The summed E-state index contributed by atoms with van der Waals surface area (Å²) in [6, 6.07) is 18.1. The van der Waals surface area contributed by atoms with Crippen molar-refractivity contribution in [3.8, 4) is 0 Å². The summed E-state index contributed by atoms with van der Waals surface area (Å²) in [5, 5.41) is 5.78. The molecule has 0 saturated heterocycles. The van der Waals surface area contributed by atoms with E-state index in [0.29, 0.717) is 12.1 Å². The third kappa shape index (κ3) is 2.76. The minimum atomic E-state index is -0.264. The second-order valence-corrected chi connectivity index (χ2v) is 5.87. The number of rotatable bonds is 3. The number of nitrogens with one attached hydrogen (secondary N) is 1. The van der Waals surface area contributed by atoms with Crippen molar-refractivity contribution in [2.24, 2.45) is 0 Å². The molecule has 0 fully saturated rings. The SMILES string of the molecule is Fc1ccc2oc3ccc(NCc4ccc(Cl)cc4)cc3c2c1. The van der Waals surface area contributed by atoms with Gasteiger partial charge in [0.1, 0.15) is 17.0 Å². The van der Waals surface area contributed by atoms with Crippen molar-refractivity contribution in [1.29, 1.82) is 0 Å². The second-order valence-electron chi connectivity index (χ2n) is 5.43. The van der Waals surface area contributed by atoms with Crippen LogP contribution in [0.5, 0.6) is 0 Å². The number of fused-ring (bicyclic) bond motifs is 3. The van der Waals surface area contributed by atoms with Crippen LogP contribution in [0.25, 0.3) is 21.9 Å². The lowest BCUT2D eigenvalue weighted by Gasteiger charge is -2.06. The van der Waals surface area contributed by atoms with Crippen LogP contribution in [-0.4, -0.2) is 0 Å². The molecule has 0 atom stereocenters. The van der Waals surface area contributed by atoms with Crippen LogP contribution >= 0.6 is 11.6 Å². The van der Waals surface area contributed by atoms with Gasteiger partial charge in [0.05, 0.1) is 0 Å². The van der Waals surface area contributed by atoms with Gasteiger partial charge in [-0.25, -0.2) is 4.39 Å². The molecule has 2 nitrogen and oxygen atoms in total. The molecule has 4 heteroatoms. The number of anilines is 1. The molecule has 0 bridgehead atoms. The lowest BCUT2D eigenvalue weighted by atomic mass is 10.1. The highest BCUT2D eigenvalue weighted by Crippen LogP contribution is 2.31. The lowest BCUT2D eigenvalue weighted by molar-refractivity contribution is 0.626. The number of hydrogen-bond donors (Lipinski definition) is 1. The molecule has 1 aromatic heterocycles. The van der Waals surface area contributed by atoms with E-state index in [0.717, 1.165) is 32.6 Å². The molecule has 4 aromatic rings. The Morgan fingerprint density at radius 1 is 0.870 bits per heavy atom. The van der Waals surface area contributed by atoms with Crippen LogP contribution in [0.3, 0.4) is 0 Å². The Bertz CT molecular complexity index is 992. The molecule has 0 aliphatic rings. The molecular weight excluding hydrogens is 313 g/mol. The third-order valence-electron chi connectivity index (χ3n) is 3.84.